The van der Waals surface area contributed by atoms with Crippen LogP contribution in [0.15, 0.2) is 24.3 Å². The minimum absolute atomic E-state index is 0.146. The summed E-state index contributed by atoms with van der Waals surface area (Å²) in [5.74, 6) is -0.146. The first-order chi connectivity index (χ1) is 10.3. The van der Waals surface area contributed by atoms with Crippen molar-refractivity contribution in [3.63, 3.8) is 0 Å². The molecule has 1 rings (SSSR count). The highest BCUT2D eigenvalue weighted by atomic mass is 32.2. The summed E-state index contributed by atoms with van der Waals surface area (Å²) >= 11 is 0. The topological polar surface area (TPSA) is 69.7 Å². The number of hydrogen-bond donors (Lipinski definition) is 1. The molecule has 0 heterocycles. The van der Waals surface area contributed by atoms with Crippen molar-refractivity contribution in [2.45, 2.75) is 13.3 Å². The first-order valence-electron chi connectivity index (χ1n) is 7.26. The van der Waals surface area contributed by atoms with Gasteiger partial charge in [-0.3, -0.25) is 4.79 Å². The van der Waals surface area contributed by atoms with Crippen molar-refractivity contribution in [3.8, 4) is 0 Å². The monoisotopic (exact) mass is 327 g/mol. The molecule has 7 heteroatoms. The maximum absolute atomic E-state index is 12.0. The number of nitrogens with zero attached hydrogens (tertiary/aromatic N) is 2. The molecule has 6 nitrogen and oxygen atoms in total. The van der Waals surface area contributed by atoms with E-state index in [1.807, 2.05) is 31.1 Å². The second-order valence-corrected chi connectivity index (χ2v) is 7.29. The van der Waals surface area contributed by atoms with E-state index in [9.17, 15) is 13.2 Å². The Morgan fingerprint density at radius 2 is 1.77 bits per heavy atom. The highest BCUT2D eigenvalue weighted by Gasteiger charge is 2.13. The molecule has 1 amide bonds. The molecule has 1 N–H and O–H groups in total. The number of hydrogen-bond acceptors (Lipinski definition) is 4. The highest BCUT2D eigenvalue weighted by Crippen LogP contribution is 2.12. The number of nitrogens with one attached hydrogen (secondary N) is 1. The highest BCUT2D eigenvalue weighted by molar-refractivity contribution is 7.88. The number of carbonyl (C=O) groups is 1. The molecule has 0 fully saturated rings. The molecule has 0 aliphatic rings. The van der Waals surface area contributed by atoms with E-state index in [4.69, 9.17) is 0 Å². The largest absolute Gasteiger partial charge is 0.378 e. The number of amides is 1. The van der Waals surface area contributed by atoms with E-state index in [-0.39, 0.29) is 5.91 Å². The van der Waals surface area contributed by atoms with Crippen LogP contribution in [0, 0.1) is 0 Å². The summed E-state index contributed by atoms with van der Waals surface area (Å²) < 4.78 is 24.3. The average Bonchev–Trinajstić information content (AvgIpc) is 2.45. The van der Waals surface area contributed by atoms with Crippen LogP contribution < -0.4 is 10.2 Å². The third kappa shape index (κ3) is 5.65. The van der Waals surface area contributed by atoms with Gasteiger partial charge < -0.3 is 10.2 Å². The summed E-state index contributed by atoms with van der Waals surface area (Å²) in [6.45, 7) is 3.10. The van der Waals surface area contributed by atoms with E-state index in [1.54, 1.807) is 19.1 Å². The predicted octanol–water partition coefficient (Wildman–Crippen LogP) is 1.15. The maximum Gasteiger partial charge on any atom is 0.251 e. The molecule has 0 spiro atoms. The van der Waals surface area contributed by atoms with Crippen molar-refractivity contribution in [1.29, 1.82) is 0 Å². The molecule has 0 aliphatic carbocycles. The fraction of sp³-hybridized carbons (Fsp3) is 0.533. The maximum atomic E-state index is 12.0. The number of sulfonamides is 1. The van der Waals surface area contributed by atoms with Gasteiger partial charge in [0.2, 0.25) is 10.0 Å². The molecule has 0 radical (unpaired) electrons. The first-order valence-corrected chi connectivity index (χ1v) is 9.11. The van der Waals surface area contributed by atoms with Gasteiger partial charge in [0.05, 0.1) is 6.26 Å². The van der Waals surface area contributed by atoms with Crippen LogP contribution in [0.5, 0.6) is 0 Å². The van der Waals surface area contributed by atoms with Crippen molar-refractivity contribution in [2.24, 2.45) is 0 Å². The fourth-order valence-corrected chi connectivity index (χ4v) is 2.96. The van der Waals surface area contributed by atoms with Gasteiger partial charge in [0.15, 0.2) is 0 Å². The fourth-order valence-electron chi connectivity index (χ4n) is 2.03. The molecule has 22 heavy (non-hydrogen) atoms. The van der Waals surface area contributed by atoms with E-state index in [0.717, 1.165) is 5.69 Å². The molecule has 0 bridgehead atoms. The third-order valence-electron chi connectivity index (χ3n) is 3.34. The van der Waals surface area contributed by atoms with Gasteiger partial charge in [-0.25, -0.2) is 12.7 Å². The minimum Gasteiger partial charge on any atom is -0.378 e. The zero-order chi connectivity index (χ0) is 16.8. The van der Waals surface area contributed by atoms with E-state index in [0.29, 0.717) is 31.6 Å². The average molecular weight is 327 g/mol. The smallest absolute Gasteiger partial charge is 0.251 e. The Morgan fingerprint density at radius 3 is 2.23 bits per heavy atom. The Morgan fingerprint density at radius 1 is 1.18 bits per heavy atom. The van der Waals surface area contributed by atoms with Crippen LogP contribution in [0.1, 0.15) is 23.7 Å². The van der Waals surface area contributed by atoms with Crippen LogP contribution in [0.3, 0.4) is 0 Å². The Bertz CT molecular complexity index is 583. The van der Waals surface area contributed by atoms with Gasteiger partial charge in [-0.05, 0) is 30.7 Å². The molecule has 0 atom stereocenters. The van der Waals surface area contributed by atoms with Crippen LogP contribution in [0.2, 0.25) is 0 Å². The quantitative estimate of drug-likeness (QED) is 0.727. The molecule has 0 unspecified atom stereocenters. The summed E-state index contributed by atoms with van der Waals surface area (Å²) in [7, 11) is 0.717. The van der Waals surface area contributed by atoms with E-state index in [1.165, 1.54) is 10.6 Å². The summed E-state index contributed by atoms with van der Waals surface area (Å²) in [5.41, 5.74) is 1.63. The molecule has 0 saturated carbocycles. The lowest BCUT2D eigenvalue weighted by Crippen LogP contribution is -2.33. The Kier molecular flexibility index (Phi) is 6.83. The summed E-state index contributed by atoms with van der Waals surface area (Å²) in [4.78, 5) is 13.9. The van der Waals surface area contributed by atoms with Crippen molar-refractivity contribution in [3.05, 3.63) is 29.8 Å². The number of benzene rings is 1. The third-order valence-corrected chi connectivity index (χ3v) is 4.72. The van der Waals surface area contributed by atoms with Crippen molar-refractivity contribution >= 4 is 21.6 Å². The van der Waals surface area contributed by atoms with Crippen LogP contribution in [-0.2, 0) is 10.0 Å². The first kappa shape index (κ1) is 18.4. The van der Waals surface area contributed by atoms with Crippen molar-refractivity contribution in [2.75, 3.05) is 44.9 Å². The lowest BCUT2D eigenvalue weighted by Gasteiger charge is -2.17. The number of anilines is 1. The van der Waals surface area contributed by atoms with Gasteiger partial charge in [0.25, 0.3) is 5.91 Å². The van der Waals surface area contributed by atoms with Gasteiger partial charge in [0.1, 0.15) is 0 Å². The zero-order valence-corrected chi connectivity index (χ0v) is 14.5. The normalized spacial score (nSPS) is 11.5. The molecule has 0 aromatic heterocycles. The molecular weight excluding hydrogens is 302 g/mol. The van der Waals surface area contributed by atoms with Gasteiger partial charge in [-0.2, -0.15) is 0 Å². The second kappa shape index (κ2) is 8.14. The van der Waals surface area contributed by atoms with Crippen molar-refractivity contribution in [1.82, 2.24) is 9.62 Å². The zero-order valence-electron chi connectivity index (χ0n) is 13.7. The Labute approximate surface area is 133 Å². The van der Waals surface area contributed by atoms with Crippen LogP contribution in [-0.4, -0.2) is 58.6 Å². The summed E-state index contributed by atoms with van der Waals surface area (Å²) in [5, 5.41) is 2.80. The van der Waals surface area contributed by atoms with Gasteiger partial charge >= 0.3 is 0 Å². The van der Waals surface area contributed by atoms with Gasteiger partial charge in [-0.1, -0.05) is 6.92 Å². The SMILES string of the molecule is CCN(CCCNC(=O)c1ccc(N(C)C)cc1)S(C)(=O)=O. The van der Waals surface area contributed by atoms with Gasteiger partial charge in [0, 0.05) is 45.0 Å². The summed E-state index contributed by atoms with van der Waals surface area (Å²) in [6, 6.07) is 7.33. The Balaban J connectivity index is 2.43. The Hall–Kier alpha value is -1.60. The molecular formula is C15H25N3O3S. The van der Waals surface area contributed by atoms with E-state index < -0.39 is 10.0 Å². The van der Waals surface area contributed by atoms with Crippen molar-refractivity contribution < 1.29 is 13.2 Å². The molecule has 1 aromatic rings. The number of rotatable bonds is 8. The lowest BCUT2D eigenvalue weighted by molar-refractivity contribution is 0.0953. The van der Waals surface area contributed by atoms with Gasteiger partial charge in [-0.15, -0.1) is 0 Å². The number of carbonyl (C=O) groups excluding carboxylic acids is 1. The molecule has 124 valence electrons. The predicted molar refractivity (Wildman–Crippen MR) is 89.8 cm³/mol. The standard InChI is InChI=1S/C15H25N3O3S/c1-5-18(22(4,20)21)12-6-11-16-15(19)13-7-9-14(10-8-13)17(2)3/h7-10H,5-6,11-12H2,1-4H3,(H,16,19). The molecule has 0 aliphatic heterocycles. The lowest BCUT2D eigenvalue weighted by atomic mass is 10.2. The van der Waals surface area contributed by atoms with Crippen LogP contribution in [0.4, 0.5) is 5.69 Å². The second-order valence-electron chi connectivity index (χ2n) is 5.31. The van der Waals surface area contributed by atoms with Crippen LogP contribution >= 0.6 is 0 Å². The minimum atomic E-state index is -3.16. The van der Waals surface area contributed by atoms with Crippen LogP contribution in [0.25, 0.3) is 0 Å². The molecule has 1 aromatic carbocycles. The van der Waals surface area contributed by atoms with E-state index in [2.05, 4.69) is 5.32 Å². The summed E-state index contributed by atoms with van der Waals surface area (Å²) in [6.07, 6.45) is 1.78. The molecule has 0 saturated heterocycles. The van der Waals surface area contributed by atoms with E-state index >= 15 is 0 Å².